The highest BCUT2D eigenvalue weighted by Crippen LogP contribution is 2.29. The van der Waals surface area contributed by atoms with Gasteiger partial charge in [0.2, 0.25) is 0 Å². The van der Waals surface area contributed by atoms with E-state index in [2.05, 4.69) is 20.4 Å². The third-order valence-electron chi connectivity index (χ3n) is 1.64. The van der Waals surface area contributed by atoms with Gasteiger partial charge in [-0.1, -0.05) is 15.3 Å². The molecular weight excluding hydrogens is 214 g/mol. The fourth-order valence-electron chi connectivity index (χ4n) is 0.941. The smallest absolute Gasteiger partial charge is 0.363 e. The molecule has 0 bridgehead atoms. The van der Waals surface area contributed by atoms with Crippen LogP contribution < -0.4 is 5.73 Å². The van der Waals surface area contributed by atoms with Crippen LogP contribution >= 0.6 is 0 Å². The quantitative estimate of drug-likeness (QED) is 0.520. The van der Waals surface area contributed by atoms with Gasteiger partial charge in [0.1, 0.15) is 0 Å². The maximum absolute atomic E-state index is 9.18. The lowest BCUT2D eigenvalue weighted by Gasteiger charge is -1.96. The van der Waals surface area contributed by atoms with Crippen molar-refractivity contribution in [1.29, 1.82) is 0 Å². The molecule has 82 valence electrons. The standard InChI is InChI=1S/C8H7N5O3/c9-7-11-13-8(16-7)12-10-4-1-2-5(14)6(15)3-4/h1-3,14-15H,(H2,9,11). The maximum Gasteiger partial charge on any atom is 0.363 e. The Hall–Kier alpha value is -2.64. The Morgan fingerprint density at radius 3 is 2.56 bits per heavy atom. The third kappa shape index (κ3) is 2.05. The zero-order valence-electron chi connectivity index (χ0n) is 7.90. The molecule has 0 saturated carbocycles. The van der Waals surface area contributed by atoms with Gasteiger partial charge in [0, 0.05) is 6.07 Å². The van der Waals surface area contributed by atoms with Crippen LogP contribution in [0, 0.1) is 0 Å². The first-order valence-corrected chi connectivity index (χ1v) is 4.18. The van der Waals surface area contributed by atoms with Crippen LogP contribution in [0.4, 0.5) is 17.7 Å². The minimum absolute atomic E-state index is 0.0925. The van der Waals surface area contributed by atoms with Crippen molar-refractivity contribution in [1.82, 2.24) is 10.2 Å². The van der Waals surface area contributed by atoms with Crippen LogP contribution in [0.25, 0.3) is 0 Å². The summed E-state index contributed by atoms with van der Waals surface area (Å²) < 4.78 is 4.74. The number of hydrogen-bond acceptors (Lipinski definition) is 8. The van der Waals surface area contributed by atoms with Crippen LogP contribution in [0.1, 0.15) is 0 Å². The highest BCUT2D eigenvalue weighted by atomic mass is 16.4. The first-order valence-electron chi connectivity index (χ1n) is 4.18. The van der Waals surface area contributed by atoms with Gasteiger partial charge in [0.15, 0.2) is 11.5 Å². The van der Waals surface area contributed by atoms with Crippen molar-refractivity contribution >= 4 is 17.7 Å². The van der Waals surface area contributed by atoms with Crippen LogP contribution in [0.3, 0.4) is 0 Å². The monoisotopic (exact) mass is 221 g/mol. The molecule has 2 aromatic rings. The van der Waals surface area contributed by atoms with Gasteiger partial charge in [-0.25, -0.2) is 0 Å². The van der Waals surface area contributed by atoms with Gasteiger partial charge in [-0.2, -0.15) is 0 Å². The Morgan fingerprint density at radius 2 is 1.94 bits per heavy atom. The average Bonchev–Trinajstić information content (AvgIpc) is 2.66. The van der Waals surface area contributed by atoms with Crippen molar-refractivity contribution in [2.45, 2.75) is 0 Å². The molecule has 1 heterocycles. The molecule has 0 amide bonds. The number of nitrogens with zero attached hydrogens (tertiary/aromatic N) is 4. The Kier molecular flexibility index (Phi) is 2.38. The number of benzene rings is 1. The van der Waals surface area contributed by atoms with Gasteiger partial charge in [-0.15, -0.1) is 5.11 Å². The Labute approximate surface area is 89.1 Å². The topological polar surface area (TPSA) is 130 Å². The minimum atomic E-state index is -0.290. The summed E-state index contributed by atoms with van der Waals surface area (Å²) in [5.41, 5.74) is 5.50. The van der Waals surface area contributed by atoms with Gasteiger partial charge < -0.3 is 20.4 Å². The van der Waals surface area contributed by atoms with E-state index in [0.29, 0.717) is 5.69 Å². The molecule has 4 N–H and O–H groups in total. The average molecular weight is 221 g/mol. The molecule has 8 heteroatoms. The molecule has 0 unspecified atom stereocenters. The van der Waals surface area contributed by atoms with Crippen LogP contribution in [0.5, 0.6) is 11.5 Å². The van der Waals surface area contributed by atoms with E-state index in [1.165, 1.54) is 18.2 Å². The second kappa shape index (κ2) is 3.85. The Balaban J connectivity index is 2.20. The first kappa shape index (κ1) is 9.90. The number of azo groups is 1. The number of phenols is 2. The highest BCUT2D eigenvalue weighted by Gasteiger charge is 2.02. The Morgan fingerprint density at radius 1 is 1.12 bits per heavy atom. The fraction of sp³-hybridized carbons (Fsp3) is 0. The SMILES string of the molecule is Nc1nnc(N=Nc2ccc(O)c(O)c2)o1. The van der Waals surface area contributed by atoms with E-state index in [1.807, 2.05) is 0 Å². The number of phenolic OH excluding ortho intramolecular Hbond substituents is 2. The number of rotatable bonds is 2. The van der Waals surface area contributed by atoms with Gasteiger partial charge in [-0.3, -0.25) is 0 Å². The summed E-state index contributed by atoms with van der Waals surface area (Å²) in [7, 11) is 0. The summed E-state index contributed by atoms with van der Waals surface area (Å²) in [6.45, 7) is 0. The molecule has 0 saturated heterocycles. The molecule has 0 radical (unpaired) electrons. The van der Waals surface area contributed by atoms with Crippen molar-refractivity contribution in [3.05, 3.63) is 18.2 Å². The number of aromatic hydroxyl groups is 2. The number of aromatic nitrogens is 2. The number of anilines is 1. The first-order chi connectivity index (χ1) is 7.65. The summed E-state index contributed by atoms with van der Waals surface area (Å²) in [6.07, 6.45) is 0. The molecule has 8 nitrogen and oxygen atoms in total. The van der Waals surface area contributed by atoms with Crippen LogP contribution in [-0.2, 0) is 0 Å². The van der Waals surface area contributed by atoms with E-state index in [9.17, 15) is 5.11 Å². The molecule has 0 aliphatic carbocycles. The van der Waals surface area contributed by atoms with E-state index < -0.39 is 0 Å². The van der Waals surface area contributed by atoms with Gasteiger partial charge in [-0.05, 0) is 12.1 Å². The molecule has 0 aliphatic heterocycles. The molecule has 0 fully saturated rings. The number of nitrogen functional groups attached to an aromatic ring is 1. The van der Waals surface area contributed by atoms with Crippen molar-refractivity contribution in [3.8, 4) is 11.5 Å². The minimum Gasteiger partial charge on any atom is -0.504 e. The zero-order chi connectivity index (χ0) is 11.5. The van der Waals surface area contributed by atoms with Crippen LogP contribution in [0.2, 0.25) is 0 Å². The largest absolute Gasteiger partial charge is 0.504 e. The normalized spacial score (nSPS) is 11.0. The van der Waals surface area contributed by atoms with Crippen molar-refractivity contribution in [2.24, 2.45) is 10.2 Å². The summed E-state index contributed by atoms with van der Waals surface area (Å²) in [5, 5.41) is 32.3. The van der Waals surface area contributed by atoms with Crippen molar-refractivity contribution in [2.75, 3.05) is 5.73 Å². The van der Waals surface area contributed by atoms with E-state index >= 15 is 0 Å². The molecule has 1 aromatic heterocycles. The van der Waals surface area contributed by atoms with Crippen LogP contribution in [0.15, 0.2) is 32.8 Å². The van der Waals surface area contributed by atoms with Crippen LogP contribution in [-0.4, -0.2) is 20.4 Å². The van der Waals surface area contributed by atoms with Gasteiger partial charge in [0.05, 0.1) is 5.69 Å². The van der Waals surface area contributed by atoms with E-state index in [-0.39, 0.29) is 23.5 Å². The summed E-state index contributed by atoms with van der Waals surface area (Å²) in [6, 6.07) is 3.77. The predicted molar refractivity (Wildman–Crippen MR) is 52.7 cm³/mol. The van der Waals surface area contributed by atoms with Crippen molar-refractivity contribution < 1.29 is 14.6 Å². The van der Waals surface area contributed by atoms with E-state index in [1.54, 1.807) is 0 Å². The summed E-state index contributed by atoms with van der Waals surface area (Å²) in [4.78, 5) is 0. The molecular formula is C8H7N5O3. The Bertz CT molecular complexity index is 536. The second-order valence-corrected chi connectivity index (χ2v) is 2.80. The molecule has 2 rings (SSSR count). The third-order valence-corrected chi connectivity index (χ3v) is 1.64. The van der Waals surface area contributed by atoms with E-state index in [0.717, 1.165) is 0 Å². The van der Waals surface area contributed by atoms with Gasteiger partial charge in [0.25, 0.3) is 0 Å². The second-order valence-electron chi connectivity index (χ2n) is 2.80. The lowest BCUT2D eigenvalue weighted by atomic mass is 10.3. The number of nitrogens with two attached hydrogens (primary N) is 1. The summed E-state index contributed by atoms with van der Waals surface area (Å²) in [5.74, 6) is -0.525. The summed E-state index contributed by atoms with van der Waals surface area (Å²) >= 11 is 0. The van der Waals surface area contributed by atoms with Crippen molar-refractivity contribution in [3.63, 3.8) is 0 Å². The lowest BCUT2D eigenvalue weighted by Crippen LogP contribution is -1.81. The van der Waals surface area contributed by atoms with E-state index in [4.69, 9.17) is 15.3 Å². The molecule has 16 heavy (non-hydrogen) atoms. The number of hydrogen-bond donors (Lipinski definition) is 3. The fourth-order valence-corrected chi connectivity index (χ4v) is 0.941. The highest BCUT2D eigenvalue weighted by molar-refractivity contribution is 5.49. The molecule has 0 spiro atoms. The lowest BCUT2D eigenvalue weighted by molar-refractivity contribution is 0.404. The molecule has 0 atom stereocenters. The zero-order valence-corrected chi connectivity index (χ0v) is 7.90. The molecule has 1 aromatic carbocycles. The van der Waals surface area contributed by atoms with Gasteiger partial charge >= 0.3 is 12.0 Å². The maximum atomic E-state index is 9.18. The molecule has 0 aliphatic rings. The predicted octanol–water partition coefficient (Wildman–Crippen LogP) is 1.48.